The third-order valence-electron chi connectivity index (χ3n) is 5.07. The molecule has 3 unspecified atom stereocenters. The maximum atomic E-state index is 13.4. The molecule has 6 heteroatoms. The van der Waals surface area contributed by atoms with Gasteiger partial charge < -0.3 is 10.2 Å². The predicted molar refractivity (Wildman–Crippen MR) is 111 cm³/mol. The molecule has 1 saturated heterocycles. The van der Waals surface area contributed by atoms with E-state index in [1.54, 1.807) is 23.1 Å². The molecule has 0 bridgehead atoms. The van der Waals surface area contributed by atoms with E-state index in [-0.39, 0.29) is 29.0 Å². The Bertz CT molecular complexity index is 856. The highest BCUT2D eigenvalue weighted by atomic mass is 32.2. The minimum atomic E-state index is -0.568. The van der Waals surface area contributed by atoms with Gasteiger partial charge >= 0.3 is 0 Å². The molecule has 28 heavy (non-hydrogen) atoms. The monoisotopic (exact) mass is 400 g/mol. The Balaban J connectivity index is 1.96. The van der Waals surface area contributed by atoms with E-state index in [1.807, 2.05) is 39.0 Å². The number of carbonyl (C=O) groups is 2. The highest BCUT2D eigenvalue weighted by Gasteiger charge is 2.43. The van der Waals surface area contributed by atoms with Crippen LogP contribution in [0.5, 0.6) is 0 Å². The number of halogens is 1. The molecule has 3 rings (SSSR count). The number of carbonyl (C=O) groups excluding carboxylic acids is 2. The molecule has 1 fully saturated rings. The molecule has 0 radical (unpaired) electrons. The van der Waals surface area contributed by atoms with Gasteiger partial charge in [-0.2, -0.15) is 0 Å². The number of aryl methyl sites for hydroxylation is 1. The SMILES string of the molecule is CCC(C)NC(=O)C1CSC(c2ccc(F)cc2)N1C(=O)c1ccccc1C. The van der Waals surface area contributed by atoms with Crippen LogP contribution in [0.3, 0.4) is 0 Å². The van der Waals surface area contributed by atoms with Gasteiger partial charge in [0.15, 0.2) is 0 Å². The smallest absolute Gasteiger partial charge is 0.256 e. The van der Waals surface area contributed by atoms with E-state index < -0.39 is 6.04 Å². The molecular formula is C22H25FN2O2S. The number of thioether (sulfide) groups is 1. The minimum absolute atomic E-state index is 0.0396. The molecule has 2 aromatic carbocycles. The van der Waals surface area contributed by atoms with Crippen LogP contribution < -0.4 is 5.32 Å². The minimum Gasteiger partial charge on any atom is -0.352 e. The molecule has 2 aromatic rings. The Hall–Kier alpha value is -2.34. The Morgan fingerprint density at radius 2 is 1.89 bits per heavy atom. The van der Waals surface area contributed by atoms with Crippen molar-refractivity contribution in [1.29, 1.82) is 0 Å². The second kappa shape index (κ2) is 8.78. The fourth-order valence-electron chi connectivity index (χ4n) is 3.23. The Morgan fingerprint density at radius 3 is 2.54 bits per heavy atom. The van der Waals surface area contributed by atoms with Crippen molar-refractivity contribution < 1.29 is 14.0 Å². The maximum absolute atomic E-state index is 13.4. The molecule has 1 N–H and O–H groups in total. The number of rotatable bonds is 5. The van der Waals surface area contributed by atoms with Crippen molar-refractivity contribution in [2.75, 3.05) is 5.75 Å². The standard InChI is InChI=1S/C22H25FN2O2S/c1-4-15(3)24-20(26)19-13-28-22(16-9-11-17(23)12-10-16)25(19)21(27)18-8-6-5-7-14(18)2/h5-12,15,19,22H,4,13H2,1-3H3,(H,24,26). The molecule has 1 aliphatic heterocycles. The van der Waals surface area contributed by atoms with Crippen LogP contribution in [0.25, 0.3) is 0 Å². The number of benzene rings is 2. The molecule has 4 nitrogen and oxygen atoms in total. The molecule has 1 heterocycles. The number of hydrogen-bond acceptors (Lipinski definition) is 3. The van der Waals surface area contributed by atoms with Gasteiger partial charge in [0.2, 0.25) is 5.91 Å². The lowest BCUT2D eigenvalue weighted by atomic mass is 10.1. The third kappa shape index (κ3) is 4.22. The summed E-state index contributed by atoms with van der Waals surface area (Å²) in [6.45, 7) is 5.84. The summed E-state index contributed by atoms with van der Waals surface area (Å²) >= 11 is 1.53. The summed E-state index contributed by atoms with van der Waals surface area (Å²) in [6.07, 6.45) is 0.818. The summed E-state index contributed by atoms with van der Waals surface area (Å²) in [4.78, 5) is 28.0. The number of nitrogens with zero attached hydrogens (tertiary/aromatic N) is 1. The second-order valence-corrected chi connectivity index (χ2v) is 8.21. The normalized spacial score (nSPS) is 20.1. The number of hydrogen-bond donors (Lipinski definition) is 1. The van der Waals surface area contributed by atoms with Gasteiger partial charge in [-0.15, -0.1) is 11.8 Å². The summed E-state index contributed by atoms with van der Waals surface area (Å²) in [5.41, 5.74) is 2.26. The van der Waals surface area contributed by atoms with Crippen molar-refractivity contribution in [3.8, 4) is 0 Å². The Labute approximate surface area is 169 Å². The fourth-order valence-corrected chi connectivity index (χ4v) is 4.66. The highest BCUT2D eigenvalue weighted by molar-refractivity contribution is 7.99. The second-order valence-electron chi connectivity index (χ2n) is 7.10. The molecule has 2 amide bonds. The average Bonchev–Trinajstić information content (AvgIpc) is 3.13. The molecule has 3 atom stereocenters. The predicted octanol–water partition coefficient (Wildman–Crippen LogP) is 4.31. The van der Waals surface area contributed by atoms with Crippen LogP contribution in [-0.2, 0) is 4.79 Å². The molecule has 0 saturated carbocycles. The fraction of sp³-hybridized carbons (Fsp3) is 0.364. The largest absolute Gasteiger partial charge is 0.352 e. The van der Waals surface area contributed by atoms with Crippen molar-refractivity contribution in [2.45, 2.75) is 44.6 Å². The topological polar surface area (TPSA) is 49.4 Å². The Kier molecular flexibility index (Phi) is 6.39. The van der Waals surface area contributed by atoms with E-state index in [0.717, 1.165) is 17.5 Å². The van der Waals surface area contributed by atoms with Gasteiger partial charge in [-0.1, -0.05) is 37.3 Å². The zero-order chi connectivity index (χ0) is 20.3. The van der Waals surface area contributed by atoms with Crippen LogP contribution in [0, 0.1) is 12.7 Å². The van der Waals surface area contributed by atoms with Crippen molar-refractivity contribution in [2.24, 2.45) is 0 Å². The molecular weight excluding hydrogens is 375 g/mol. The lowest BCUT2D eigenvalue weighted by Gasteiger charge is -2.30. The van der Waals surface area contributed by atoms with E-state index in [2.05, 4.69) is 5.32 Å². The molecule has 1 aliphatic rings. The van der Waals surface area contributed by atoms with Crippen molar-refractivity contribution >= 4 is 23.6 Å². The summed E-state index contributed by atoms with van der Waals surface area (Å²) in [6, 6.07) is 13.0. The summed E-state index contributed by atoms with van der Waals surface area (Å²) in [5, 5.41) is 2.66. The van der Waals surface area contributed by atoms with Gasteiger partial charge in [-0.3, -0.25) is 9.59 Å². The van der Waals surface area contributed by atoms with Crippen LogP contribution in [0.1, 0.15) is 47.1 Å². The van der Waals surface area contributed by atoms with Crippen LogP contribution >= 0.6 is 11.8 Å². The van der Waals surface area contributed by atoms with Crippen molar-refractivity contribution in [1.82, 2.24) is 10.2 Å². The first-order valence-corrected chi connectivity index (χ1v) is 10.5. The lowest BCUT2D eigenvalue weighted by Crippen LogP contribution is -2.50. The van der Waals surface area contributed by atoms with Crippen LogP contribution in [0.4, 0.5) is 4.39 Å². The van der Waals surface area contributed by atoms with E-state index in [0.29, 0.717) is 11.3 Å². The van der Waals surface area contributed by atoms with Crippen molar-refractivity contribution in [3.63, 3.8) is 0 Å². The zero-order valence-electron chi connectivity index (χ0n) is 16.3. The van der Waals surface area contributed by atoms with Crippen LogP contribution in [0.15, 0.2) is 48.5 Å². The highest BCUT2D eigenvalue weighted by Crippen LogP contribution is 2.42. The van der Waals surface area contributed by atoms with E-state index >= 15 is 0 Å². The lowest BCUT2D eigenvalue weighted by molar-refractivity contribution is -0.125. The van der Waals surface area contributed by atoms with Crippen LogP contribution in [-0.4, -0.2) is 34.6 Å². The summed E-state index contributed by atoms with van der Waals surface area (Å²) < 4.78 is 13.4. The van der Waals surface area contributed by atoms with Gasteiger partial charge in [0.1, 0.15) is 17.2 Å². The molecule has 0 spiro atoms. The maximum Gasteiger partial charge on any atom is 0.256 e. The average molecular weight is 401 g/mol. The van der Waals surface area contributed by atoms with Crippen LogP contribution in [0.2, 0.25) is 0 Å². The summed E-state index contributed by atoms with van der Waals surface area (Å²) in [5.74, 6) is -0.146. The summed E-state index contributed by atoms with van der Waals surface area (Å²) in [7, 11) is 0. The van der Waals surface area contributed by atoms with E-state index in [4.69, 9.17) is 0 Å². The molecule has 0 aliphatic carbocycles. The van der Waals surface area contributed by atoms with Crippen molar-refractivity contribution in [3.05, 3.63) is 71.0 Å². The van der Waals surface area contributed by atoms with Gasteiger partial charge in [-0.05, 0) is 49.6 Å². The van der Waals surface area contributed by atoms with Gasteiger partial charge in [0.25, 0.3) is 5.91 Å². The number of amides is 2. The van der Waals surface area contributed by atoms with Gasteiger partial charge in [0.05, 0.1) is 0 Å². The first kappa shape index (κ1) is 20.4. The van der Waals surface area contributed by atoms with E-state index in [1.165, 1.54) is 23.9 Å². The van der Waals surface area contributed by atoms with Gasteiger partial charge in [-0.25, -0.2) is 4.39 Å². The first-order chi connectivity index (χ1) is 13.4. The van der Waals surface area contributed by atoms with Gasteiger partial charge in [0, 0.05) is 17.4 Å². The molecule has 148 valence electrons. The zero-order valence-corrected chi connectivity index (χ0v) is 17.1. The quantitative estimate of drug-likeness (QED) is 0.814. The van der Waals surface area contributed by atoms with E-state index in [9.17, 15) is 14.0 Å². The Morgan fingerprint density at radius 1 is 1.21 bits per heavy atom. The first-order valence-electron chi connectivity index (χ1n) is 9.48. The number of nitrogens with one attached hydrogen (secondary N) is 1. The third-order valence-corrected chi connectivity index (χ3v) is 6.39. The molecule has 0 aromatic heterocycles.